The number of nitrogens with two attached hydrogens (primary N) is 1. The van der Waals surface area contributed by atoms with Gasteiger partial charge in [-0.2, -0.15) is 27.0 Å². The minimum atomic E-state index is -0.682. The Balaban J connectivity index is 0.00000210. The first kappa shape index (κ1) is 25.2. The Morgan fingerprint density at radius 1 is 1.21 bits per heavy atom. The number of carbonyl (C=O) groups is 1. The maximum atomic E-state index is 13.8. The van der Waals surface area contributed by atoms with E-state index in [2.05, 4.69) is 10.3 Å². The molecule has 5 nitrogen and oxygen atoms in total. The summed E-state index contributed by atoms with van der Waals surface area (Å²) in [6, 6.07) is 3.24. The summed E-state index contributed by atoms with van der Waals surface area (Å²) in [7, 11) is 0. The average Bonchev–Trinajstić information content (AvgIpc) is 2.92. The summed E-state index contributed by atoms with van der Waals surface area (Å²) in [6.07, 6.45) is 3.76. The van der Waals surface area contributed by atoms with Crippen molar-refractivity contribution in [1.82, 2.24) is 10.3 Å². The predicted molar refractivity (Wildman–Crippen MR) is 122 cm³/mol. The minimum absolute atomic E-state index is 0. The van der Waals surface area contributed by atoms with Gasteiger partial charge in [0.25, 0.3) is 5.91 Å². The van der Waals surface area contributed by atoms with E-state index in [0.717, 1.165) is 12.5 Å². The van der Waals surface area contributed by atoms with Gasteiger partial charge in [-0.25, -0.2) is 8.78 Å². The number of rotatable bonds is 4. The number of hydrogen-bond acceptors (Lipinski definition) is 4. The van der Waals surface area contributed by atoms with Gasteiger partial charge in [-0.1, -0.05) is 0 Å². The molecule has 2 aromatic rings. The molecule has 3 N–H and O–H groups in total. The predicted octanol–water partition coefficient (Wildman–Crippen LogP) is 3.32. The Morgan fingerprint density at radius 2 is 1.83 bits per heavy atom. The number of benzene rings is 1. The zero-order chi connectivity index (χ0) is 19.8. The highest BCUT2D eigenvalue weighted by Crippen LogP contribution is 2.37. The molecular formula is C20H28F2N4OS2. The van der Waals surface area contributed by atoms with Gasteiger partial charge < -0.3 is 16.0 Å². The van der Waals surface area contributed by atoms with E-state index in [9.17, 15) is 13.6 Å². The lowest BCUT2D eigenvalue weighted by atomic mass is 10.0. The van der Waals surface area contributed by atoms with Gasteiger partial charge in [0, 0.05) is 48.7 Å². The fraction of sp³-hybridized carbons (Fsp3) is 0.400. The number of halogens is 2. The van der Waals surface area contributed by atoms with Crippen molar-refractivity contribution in [2.75, 3.05) is 18.0 Å². The van der Waals surface area contributed by atoms with E-state index in [1.807, 2.05) is 25.7 Å². The minimum Gasteiger partial charge on any atom is -0.368 e. The van der Waals surface area contributed by atoms with E-state index in [-0.39, 0.29) is 38.9 Å². The summed E-state index contributed by atoms with van der Waals surface area (Å²) in [5.74, 6) is -1.65. The van der Waals surface area contributed by atoms with Crippen LogP contribution in [0.25, 0.3) is 11.1 Å². The lowest BCUT2D eigenvalue weighted by Crippen LogP contribution is -2.40. The van der Waals surface area contributed by atoms with Crippen molar-refractivity contribution in [3.63, 3.8) is 0 Å². The van der Waals surface area contributed by atoms with Crippen molar-refractivity contribution >= 4 is 38.6 Å². The second-order valence-corrected chi connectivity index (χ2v) is 7.70. The molecule has 2 heterocycles. The van der Waals surface area contributed by atoms with E-state index >= 15 is 0 Å². The van der Waals surface area contributed by atoms with Gasteiger partial charge in [-0.15, -0.1) is 0 Å². The second kappa shape index (κ2) is 9.77. The lowest BCUT2D eigenvalue weighted by molar-refractivity contribution is 0.0943. The molecule has 0 spiro atoms. The first-order valence-corrected chi connectivity index (χ1v) is 8.95. The van der Waals surface area contributed by atoms with Crippen LogP contribution in [0.1, 0.15) is 37.6 Å². The number of pyridine rings is 1. The van der Waals surface area contributed by atoms with Crippen LogP contribution in [0.2, 0.25) is 0 Å². The SMILES string of the molecule is CC(C)NC(=O)c1cncc(-c2cc(F)cc(F)c2)c1N1CC[C@](C)(N)C1.S.S. The molecular weight excluding hydrogens is 414 g/mol. The molecule has 1 aromatic heterocycles. The first-order valence-electron chi connectivity index (χ1n) is 8.95. The monoisotopic (exact) mass is 442 g/mol. The van der Waals surface area contributed by atoms with Crippen LogP contribution < -0.4 is 16.0 Å². The van der Waals surface area contributed by atoms with Crippen molar-refractivity contribution in [3.8, 4) is 11.1 Å². The van der Waals surface area contributed by atoms with Crippen molar-refractivity contribution in [2.24, 2.45) is 5.73 Å². The molecule has 0 radical (unpaired) electrons. The molecule has 0 unspecified atom stereocenters. The number of carbonyl (C=O) groups excluding carboxylic acids is 1. The fourth-order valence-electron chi connectivity index (χ4n) is 3.40. The van der Waals surface area contributed by atoms with Gasteiger partial charge in [0.1, 0.15) is 11.6 Å². The normalized spacial score (nSPS) is 18.2. The van der Waals surface area contributed by atoms with Gasteiger partial charge in [0.05, 0.1) is 11.3 Å². The number of anilines is 1. The molecule has 1 aromatic carbocycles. The molecule has 9 heteroatoms. The molecule has 0 saturated carbocycles. The third-order valence-corrected chi connectivity index (χ3v) is 4.58. The third-order valence-electron chi connectivity index (χ3n) is 4.58. The molecule has 1 atom stereocenters. The Kier molecular flexibility index (Phi) is 8.49. The molecule has 1 amide bonds. The summed E-state index contributed by atoms with van der Waals surface area (Å²) in [5.41, 5.74) is 7.67. The van der Waals surface area contributed by atoms with E-state index in [0.29, 0.717) is 35.5 Å². The van der Waals surface area contributed by atoms with Crippen molar-refractivity contribution < 1.29 is 13.6 Å². The summed E-state index contributed by atoms with van der Waals surface area (Å²) in [6.45, 7) is 6.85. The topological polar surface area (TPSA) is 71.2 Å². The van der Waals surface area contributed by atoms with E-state index in [4.69, 9.17) is 5.73 Å². The smallest absolute Gasteiger partial charge is 0.255 e. The number of nitrogens with zero attached hydrogens (tertiary/aromatic N) is 2. The van der Waals surface area contributed by atoms with Crippen molar-refractivity contribution in [2.45, 2.75) is 38.8 Å². The van der Waals surface area contributed by atoms with Crippen molar-refractivity contribution in [1.29, 1.82) is 0 Å². The fourth-order valence-corrected chi connectivity index (χ4v) is 3.40. The molecule has 29 heavy (non-hydrogen) atoms. The highest BCUT2D eigenvalue weighted by atomic mass is 32.1. The molecule has 0 bridgehead atoms. The maximum Gasteiger partial charge on any atom is 0.255 e. The summed E-state index contributed by atoms with van der Waals surface area (Å²) >= 11 is 0. The van der Waals surface area contributed by atoms with Gasteiger partial charge in [0.15, 0.2) is 0 Å². The first-order chi connectivity index (χ1) is 12.7. The Labute approximate surface area is 184 Å². The molecule has 1 fully saturated rings. The van der Waals surface area contributed by atoms with Crippen LogP contribution in [0.4, 0.5) is 14.5 Å². The highest BCUT2D eigenvalue weighted by molar-refractivity contribution is 7.59. The molecule has 0 aliphatic carbocycles. The van der Waals surface area contributed by atoms with Crippen LogP contribution in [0.5, 0.6) is 0 Å². The van der Waals surface area contributed by atoms with Crippen LogP contribution in [-0.2, 0) is 0 Å². The van der Waals surface area contributed by atoms with Crippen molar-refractivity contribution in [3.05, 3.63) is 47.8 Å². The van der Waals surface area contributed by atoms with Crippen LogP contribution in [0.3, 0.4) is 0 Å². The van der Waals surface area contributed by atoms with Crippen LogP contribution in [-0.4, -0.2) is 35.6 Å². The zero-order valence-electron chi connectivity index (χ0n) is 16.7. The number of hydrogen-bond donors (Lipinski definition) is 2. The van der Waals surface area contributed by atoms with Gasteiger partial charge in [0.2, 0.25) is 0 Å². The Morgan fingerprint density at radius 3 is 2.34 bits per heavy atom. The van der Waals surface area contributed by atoms with Crippen LogP contribution >= 0.6 is 27.0 Å². The second-order valence-electron chi connectivity index (χ2n) is 7.70. The Bertz CT molecular complexity index is 857. The van der Waals surface area contributed by atoms with Crippen LogP contribution in [0.15, 0.2) is 30.6 Å². The lowest BCUT2D eigenvalue weighted by Gasteiger charge is -2.26. The maximum absolute atomic E-state index is 13.8. The van der Waals surface area contributed by atoms with Gasteiger partial charge >= 0.3 is 0 Å². The molecule has 1 saturated heterocycles. The van der Waals surface area contributed by atoms with Gasteiger partial charge in [-0.05, 0) is 44.9 Å². The summed E-state index contributed by atoms with van der Waals surface area (Å²) in [5, 5.41) is 2.86. The molecule has 3 rings (SSSR count). The number of nitrogens with one attached hydrogen (secondary N) is 1. The number of aromatic nitrogens is 1. The van der Waals surface area contributed by atoms with E-state index in [1.54, 1.807) is 0 Å². The largest absolute Gasteiger partial charge is 0.368 e. The summed E-state index contributed by atoms with van der Waals surface area (Å²) < 4.78 is 27.6. The highest BCUT2D eigenvalue weighted by Gasteiger charge is 2.33. The van der Waals surface area contributed by atoms with Gasteiger partial charge in [-0.3, -0.25) is 9.78 Å². The quantitative estimate of drug-likeness (QED) is 0.762. The third kappa shape index (κ3) is 5.83. The summed E-state index contributed by atoms with van der Waals surface area (Å²) in [4.78, 5) is 18.9. The Hall–Kier alpha value is -1.84. The number of amides is 1. The standard InChI is InChI=1S/C20H24F2N4O.2H2S/c1-12(2)25-19(27)17-10-24-9-16(13-6-14(21)8-15(22)7-13)18(17)26-5-4-20(3,23)11-26;;/h6-10,12H,4-5,11,23H2,1-3H3,(H,25,27);2*1H2/t20-;;/m0../s1. The van der Waals surface area contributed by atoms with E-state index in [1.165, 1.54) is 24.5 Å². The van der Waals surface area contributed by atoms with E-state index < -0.39 is 17.2 Å². The average molecular weight is 443 g/mol. The zero-order valence-corrected chi connectivity index (χ0v) is 18.7. The molecule has 1 aliphatic heterocycles. The molecule has 1 aliphatic rings. The van der Waals surface area contributed by atoms with Crippen LogP contribution in [0, 0.1) is 11.6 Å². The molecule has 160 valence electrons.